The van der Waals surface area contributed by atoms with Crippen LogP contribution in [0, 0.1) is 11.7 Å². The molecule has 0 saturated heterocycles. The zero-order valence-corrected chi connectivity index (χ0v) is 13.7. The largest absolute Gasteiger partial charge is 0.310 e. The summed E-state index contributed by atoms with van der Waals surface area (Å²) in [7, 11) is 0. The fourth-order valence-electron chi connectivity index (χ4n) is 2.99. The van der Waals surface area contributed by atoms with Crippen molar-refractivity contribution in [2.24, 2.45) is 5.92 Å². The molecule has 5 heteroatoms. The predicted octanol–water partition coefficient (Wildman–Crippen LogP) is 5.45. The lowest BCUT2D eigenvalue weighted by atomic mass is 9.79. The van der Waals surface area contributed by atoms with Crippen molar-refractivity contribution in [1.82, 2.24) is 5.32 Å². The average Bonchev–Trinajstić information content (AvgIpc) is 2.44. The Morgan fingerprint density at radius 2 is 2.00 bits per heavy atom. The molecule has 0 heterocycles. The van der Waals surface area contributed by atoms with E-state index in [-0.39, 0.29) is 30.6 Å². The average molecular weight is 364 g/mol. The zero-order chi connectivity index (χ0) is 15.5. The van der Waals surface area contributed by atoms with Crippen molar-refractivity contribution < 1.29 is 13.2 Å². The molecule has 21 heavy (non-hydrogen) atoms. The first-order chi connectivity index (χ1) is 9.94. The summed E-state index contributed by atoms with van der Waals surface area (Å²) in [4.78, 5) is 0. The fraction of sp³-hybridized carbons (Fsp3) is 0.625. The van der Waals surface area contributed by atoms with E-state index in [2.05, 4.69) is 21.2 Å². The molecule has 1 atom stereocenters. The SMILES string of the molecule is CCCNC(c1cccc(Br)c1F)C1CCC(F)(F)CC1. The quantitative estimate of drug-likeness (QED) is 0.732. The molecule has 1 aliphatic rings. The summed E-state index contributed by atoms with van der Waals surface area (Å²) in [6.45, 7) is 2.79. The number of alkyl halides is 2. The van der Waals surface area contributed by atoms with Gasteiger partial charge in [-0.05, 0) is 53.7 Å². The molecular formula is C16H21BrF3N. The van der Waals surface area contributed by atoms with E-state index >= 15 is 0 Å². The second-order valence-electron chi connectivity index (χ2n) is 5.77. The highest BCUT2D eigenvalue weighted by molar-refractivity contribution is 9.10. The van der Waals surface area contributed by atoms with Crippen molar-refractivity contribution in [3.05, 3.63) is 34.1 Å². The Labute approximate surface area is 132 Å². The fourth-order valence-corrected chi connectivity index (χ4v) is 3.37. The minimum absolute atomic E-state index is 0.0555. The molecule has 1 N–H and O–H groups in total. The second-order valence-corrected chi connectivity index (χ2v) is 6.62. The maximum atomic E-state index is 14.4. The third-order valence-corrected chi connectivity index (χ3v) is 4.78. The molecule has 0 spiro atoms. The van der Waals surface area contributed by atoms with Crippen molar-refractivity contribution in [2.45, 2.75) is 51.0 Å². The standard InChI is InChI=1S/C16H21BrF3N/c1-2-10-21-15(11-6-8-16(19,20)9-7-11)12-4-3-5-13(17)14(12)18/h3-5,11,15,21H,2,6-10H2,1H3. The molecule has 1 saturated carbocycles. The Kier molecular flexibility index (Phi) is 5.72. The first-order valence-corrected chi connectivity index (χ1v) is 8.29. The van der Waals surface area contributed by atoms with Gasteiger partial charge in [0.2, 0.25) is 5.92 Å². The monoisotopic (exact) mass is 363 g/mol. The molecule has 0 radical (unpaired) electrons. The first-order valence-electron chi connectivity index (χ1n) is 7.49. The van der Waals surface area contributed by atoms with E-state index in [0.29, 0.717) is 22.9 Å². The summed E-state index contributed by atoms with van der Waals surface area (Å²) in [6, 6.07) is 5.00. The normalized spacial score (nSPS) is 20.4. The lowest BCUT2D eigenvalue weighted by Gasteiger charge is -2.34. The summed E-state index contributed by atoms with van der Waals surface area (Å²) in [5, 5.41) is 3.35. The number of hydrogen-bond donors (Lipinski definition) is 1. The van der Waals surface area contributed by atoms with Crippen LogP contribution in [0.3, 0.4) is 0 Å². The van der Waals surface area contributed by atoms with E-state index in [1.54, 1.807) is 18.2 Å². The van der Waals surface area contributed by atoms with Crippen LogP contribution in [0.25, 0.3) is 0 Å². The van der Waals surface area contributed by atoms with Gasteiger partial charge in [0.25, 0.3) is 0 Å². The van der Waals surface area contributed by atoms with Crippen molar-refractivity contribution in [2.75, 3.05) is 6.54 Å². The van der Waals surface area contributed by atoms with Crippen LogP contribution in [-0.4, -0.2) is 12.5 Å². The third-order valence-electron chi connectivity index (χ3n) is 4.16. The van der Waals surface area contributed by atoms with Crippen LogP contribution >= 0.6 is 15.9 Å². The third kappa shape index (κ3) is 4.22. The lowest BCUT2D eigenvalue weighted by molar-refractivity contribution is -0.0498. The number of nitrogens with one attached hydrogen (secondary N) is 1. The van der Waals surface area contributed by atoms with Crippen LogP contribution in [-0.2, 0) is 0 Å². The first kappa shape index (κ1) is 16.8. The predicted molar refractivity (Wildman–Crippen MR) is 82.0 cm³/mol. The lowest BCUT2D eigenvalue weighted by Crippen LogP contribution is -2.35. The van der Waals surface area contributed by atoms with Gasteiger partial charge in [0, 0.05) is 24.4 Å². The van der Waals surface area contributed by atoms with Gasteiger partial charge in [0.05, 0.1) is 4.47 Å². The summed E-state index contributed by atoms with van der Waals surface area (Å²) < 4.78 is 41.4. The highest BCUT2D eigenvalue weighted by atomic mass is 79.9. The van der Waals surface area contributed by atoms with E-state index in [1.807, 2.05) is 6.92 Å². The number of halogens is 4. The second kappa shape index (κ2) is 7.14. The highest BCUT2D eigenvalue weighted by Gasteiger charge is 2.38. The van der Waals surface area contributed by atoms with E-state index in [4.69, 9.17) is 0 Å². The minimum Gasteiger partial charge on any atom is -0.310 e. The Bertz CT molecular complexity index is 469. The Morgan fingerprint density at radius 1 is 1.33 bits per heavy atom. The highest BCUT2D eigenvalue weighted by Crippen LogP contribution is 2.42. The van der Waals surface area contributed by atoms with E-state index in [1.165, 1.54) is 0 Å². The number of rotatable bonds is 5. The van der Waals surface area contributed by atoms with Crippen molar-refractivity contribution in [3.8, 4) is 0 Å². The van der Waals surface area contributed by atoms with Gasteiger partial charge in [-0.1, -0.05) is 19.1 Å². The van der Waals surface area contributed by atoms with Crippen LogP contribution in [0.4, 0.5) is 13.2 Å². The molecule has 0 aliphatic heterocycles. The smallest absolute Gasteiger partial charge is 0.248 e. The van der Waals surface area contributed by atoms with Gasteiger partial charge < -0.3 is 5.32 Å². The van der Waals surface area contributed by atoms with Gasteiger partial charge in [0.15, 0.2) is 0 Å². The van der Waals surface area contributed by atoms with Crippen molar-refractivity contribution in [1.29, 1.82) is 0 Å². The molecule has 1 aromatic carbocycles. The van der Waals surface area contributed by atoms with Crippen molar-refractivity contribution >= 4 is 15.9 Å². The number of hydrogen-bond acceptors (Lipinski definition) is 1. The van der Waals surface area contributed by atoms with Crippen molar-refractivity contribution in [3.63, 3.8) is 0 Å². The summed E-state index contributed by atoms with van der Waals surface area (Å²) in [5.74, 6) is -2.79. The van der Waals surface area contributed by atoms with Gasteiger partial charge in [-0.25, -0.2) is 13.2 Å². The van der Waals surface area contributed by atoms with Crippen LogP contribution in [0.15, 0.2) is 22.7 Å². The van der Waals surface area contributed by atoms with E-state index in [0.717, 1.165) is 13.0 Å². The van der Waals surface area contributed by atoms with Crippen LogP contribution in [0.5, 0.6) is 0 Å². The number of benzene rings is 1. The van der Waals surface area contributed by atoms with E-state index < -0.39 is 5.92 Å². The van der Waals surface area contributed by atoms with Crippen LogP contribution in [0.2, 0.25) is 0 Å². The maximum Gasteiger partial charge on any atom is 0.248 e. The summed E-state index contributed by atoms with van der Waals surface area (Å²) >= 11 is 3.20. The molecule has 0 amide bonds. The minimum atomic E-state index is -2.55. The van der Waals surface area contributed by atoms with Gasteiger partial charge >= 0.3 is 0 Å². The molecule has 2 rings (SSSR count). The van der Waals surface area contributed by atoms with Gasteiger partial charge in [0.1, 0.15) is 5.82 Å². The zero-order valence-electron chi connectivity index (χ0n) is 12.1. The Morgan fingerprint density at radius 3 is 2.62 bits per heavy atom. The molecule has 0 bridgehead atoms. The molecule has 0 aromatic heterocycles. The topological polar surface area (TPSA) is 12.0 Å². The van der Waals surface area contributed by atoms with E-state index in [9.17, 15) is 13.2 Å². The van der Waals surface area contributed by atoms with Crippen LogP contribution in [0.1, 0.15) is 50.6 Å². The molecule has 1 fully saturated rings. The van der Waals surface area contributed by atoms with Crippen LogP contribution < -0.4 is 5.32 Å². The van der Waals surface area contributed by atoms with Gasteiger partial charge in [-0.15, -0.1) is 0 Å². The molecule has 1 aliphatic carbocycles. The Hall–Kier alpha value is -0.550. The molecule has 1 nitrogen and oxygen atoms in total. The Balaban J connectivity index is 2.20. The maximum absolute atomic E-state index is 14.4. The van der Waals surface area contributed by atoms with Gasteiger partial charge in [-0.2, -0.15) is 0 Å². The molecule has 1 aromatic rings. The molecule has 118 valence electrons. The van der Waals surface area contributed by atoms with Gasteiger partial charge in [-0.3, -0.25) is 0 Å². The molecule has 1 unspecified atom stereocenters. The summed E-state index contributed by atoms with van der Waals surface area (Å²) in [5.41, 5.74) is 0.577. The summed E-state index contributed by atoms with van der Waals surface area (Å²) in [6.07, 6.45) is 1.59. The molecular weight excluding hydrogens is 343 g/mol.